The Morgan fingerprint density at radius 3 is 2.38 bits per heavy atom. The van der Waals surface area contributed by atoms with Crippen molar-refractivity contribution in [3.63, 3.8) is 0 Å². The molecule has 2 aliphatic carbocycles. The first-order chi connectivity index (χ1) is 20.1. The number of nitrogens with zero attached hydrogens (tertiary/aromatic N) is 2. The molecule has 0 bridgehead atoms. The zero-order valence-corrected chi connectivity index (χ0v) is 24.2. The van der Waals surface area contributed by atoms with Gasteiger partial charge in [0.2, 0.25) is 10.0 Å². The number of aromatic carboxylic acids is 1. The van der Waals surface area contributed by atoms with Crippen molar-refractivity contribution in [3.8, 4) is 16.9 Å². The summed E-state index contributed by atoms with van der Waals surface area (Å²) in [5, 5.41) is 9.57. The highest BCUT2D eigenvalue weighted by molar-refractivity contribution is 7.89. The summed E-state index contributed by atoms with van der Waals surface area (Å²) >= 11 is 0. The van der Waals surface area contributed by atoms with Gasteiger partial charge in [0.25, 0.3) is 0 Å². The lowest BCUT2D eigenvalue weighted by molar-refractivity contribution is 0.0414. The third-order valence-corrected chi connectivity index (χ3v) is 10.9. The Morgan fingerprint density at radius 1 is 1.00 bits per heavy atom. The van der Waals surface area contributed by atoms with Crippen molar-refractivity contribution in [1.29, 1.82) is 0 Å². The molecule has 2 saturated carbocycles. The number of halogens is 2. The van der Waals surface area contributed by atoms with E-state index in [1.165, 1.54) is 22.5 Å². The van der Waals surface area contributed by atoms with Crippen LogP contribution in [0.4, 0.5) is 20.2 Å². The molecule has 10 heteroatoms. The largest absolute Gasteiger partial charge is 0.489 e. The van der Waals surface area contributed by atoms with Gasteiger partial charge in [-0.25, -0.2) is 22.0 Å². The van der Waals surface area contributed by atoms with Crippen LogP contribution in [0.2, 0.25) is 0 Å². The highest BCUT2D eigenvalue weighted by atomic mass is 32.2. The molecule has 0 spiro atoms. The molecule has 3 aromatic carbocycles. The maximum Gasteiger partial charge on any atom is 0.338 e. The first kappa shape index (κ1) is 28.6. The average Bonchev–Trinajstić information content (AvgIpc) is 3.05. The van der Waals surface area contributed by atoms with Gasteiger partial charge in [0, 0.05) is 49.8 Å². The second-order valence-electron chi connectivity index (χ2n) is 11.6. The topological polar surface area (TPSA) is 87.2 Å². The predicted octanol–water partition coefficient (Wildman–Crippen LogP) is 6.79. The molecule has 0 amide bonds. The highest BCUT2D eigenvalue weighted by Crippen LogP contribution is 2.46. The molecule has 0 aromatic heterocycles. The maximum atomic E-state index is 14.4. The number of hydrogen-bond donors (Lipinski definition) is 1. The summed E-state index contributed by atoms with van der Waals surface area (Å²) < 4.78 is 64.6. The standard InChI is InChI=1S/C32H34F2N2O5S/c1-35-29(20-8-4-2-5-9-20)19-36(23-10-6-3-7-11-23)28-18-30(41-24-15-22(33)16-24)25(17-31(28)42(35,39)40)21-12-13-27(34)26(14-21)32(37)38/h3,6-7,10-14,17-18,20,22,24,29H,2,4-5,8-9,15-16,19H2,1H3,(H,37,38)/t22?,24?,29-/m0/s1. The van der Waals surface area contributed by atoms with Crippen molar-refractivity contribution in [2.24, 2.45) is 5.92 Å². The minimum absolute atomic E-state index is 0.0488. The van der Waals surface area contributed by atoms with E-state index in [-0.39, 0.29) is 29.7 Å². The minimum atomic E-state index is -4.02. The molecule has 0 saturated heterocycles. The van der Waals surface area contributed by atoms with Gasteiger partial charge in [0.05, 0.1) is 11.3 Å². The summed E-state index contributed by atoms with van der Waals surface area (Å²) in [6.07, 6.45) is 4.16. The molecule has 42 heavy (non-hydrogen) atoms. The number of anilines is 2. The molecular weight excluding hydrogens is 562 g/mol. The highest BCUT2D eigenvalue weighted by Gasteiger charge is 2.42. The van der Waals surface area contributed by atoms with Crippen LogP contribution in [0.1, 0.15) is 55.3 Å². The number of benzene rings is 3. The molecule has 222 valence electrons. The summed E-state index contributed by atoms with van der Waals surface area (Å²) in [5.74, 6) is -1.85. The molecule has 3 aliphatic rings. The van der Waals surface area contributed by atoms with Gasteiger partial charge in [0.15, 0.2) is 0 Å². The van der Waals surface area contributed by atoms with Crippen LogP contribution in [0.15, 0.2) is 65.6 Å². The fraction of sp³-hybridized carbons (Fsp3) is 0.406. The molecule has 3 aromatic rings. The van der Waals surface area contributed by atoms with Gasteiger partial charge in [0.1, 0.15) is 28.7 Å². The maximum absolute atomic E-state index is 14.4. The number of alkyl halides is 1. The number of ether oxygens (including phenoxy) is 1. The number of carboxylic acids is 1. The second-order valence-corrected chi connectivity index (χ2v) is 13.5. The number of para-hydroxylation sites is 1. The quantitative estimate of drug-likeness (QED) is 0.337. The zero-order valence-electron chi connectivity index (χ0n) is 23.4. The number of likely N-dealkylation sites (N-methyl/N-ethyl adjacent to an activating group) is 1. The molecular formula is C32H34F2N2O5S. The van der Waals surface area contributed by atoms with Crippen molar-refractivity contribution in [2.75, 3.05) is 18.5 Å². The molecule has 6 rings (SSSR count). The van der Waals surface area contributed by atoms with Crippen LogP contribution in [0.5, 0.6) is 5.75 Å². The fourth-order valence-corrected chi connectivity index (χ4v) is 8.08. The van der Waals surface area contributed by atoms with Crippen molar-refractivity contribution in [2.45, 2.75) is 68.2 Å². The van der Waals surface area contributed by atoms with E-state index < -0.39 is 39.6 Å². The predicted molar refractivity (Wildman–Crippen MR) is 156 cm³/mol. The number of sulfonamides is 1. The molecule has 2 fully saturated rings. The van der Waals surface area contributed by atoms with E-state index in [9.17, 15) is 27.1 Å². The Morgan fingerprint density at radius 2 is 1.71 bits per heavy atom. The van der Waals surface area contributed by atoms with Crippen LogP contribution in [0, 0.1) is 11.7 Å². The van der Waals surface area contributed by atoms with E-state index in [1.54, 1.807) is 13.1 Å². The molecule has 1 N–H and O–H groups in total. The third-order valence-electron chi connectivity index (χ3n) is 8.95. The van der Waals surface area contributed by atoms with E-state index in [1.807, 2.05) is 35.2 Å². The van der Waals surface area contributed by atoms with Crippen LogP contribution in [-0.4, -0.2) is 55.7 Å². The summed E-state index contributed by atoms with van der Waals surface area (Å²) in [7, 11) is -2.39. The molecule has 7 nitrogen and oxygen atoms in total. The van der Waals surface area contributed by atoms with Crippen LogP contribution in [0.3, 0.4) is 0 Å². The van der Waals surface area contributed by atoms with E-state index in [0.29, 0.717) is 29.1 Å². The van der Waals surface area contributed by atoms with Crippen molar-refractivity contribution in [1.82, 2.24) is 4.31 Å². The van der Waals surface area contributed by atoms with Crippen LogP contribution < -0.4 is 9.64 Å². The Balaban J connectivity index is 1.56. The van der Waals surface area contributed by atoms with Gasteiger partial charge in [-0.2, -0.15) is 4.31 Å². The van der Waals surface area contributed by atoms with Gasteiger partial charge in [-0.15, -0.1) is 0 Å². The number of fused-ring (bicyclic) bond motifs is 1. The van der Waals surface area contributed by atoms with Gasteiger partial charge >= 0.3 is 5.97 Å². The van der Waals surface area contributed by atoms with Crippen molar-refractivity contribution >= 4 is 27.4 Å². The average molecular weight is 597 g/mol. The zero-order chi connectivity index (χ0) is 29.6. The number of hydrogen-bond acceptors (Lipinski definition) is 5. The summed E-state index contributed by atoms with van der Waals surface area (Å²) in [6, 6.07) is 16.1. The summed E-state index contributed by atoms with van der Waals surface area (Å²) in [6.45, 7) is 0.436. The first-order valence-electron chi connectivity index (χ1n) is 14.5. The van der Waals surface area contributed by atoms with Crippen LogP contribution in [0.25, 0.3) is 11.1 Å². The van der Waals surface area contributed by atoms with Crippen LogP contribution >= 0.6 is 0 Å². The van der Waals surface area contributed by atoms with Gasteiger partial charge in [-0.1, -0.05) is 43.5 Å². The monoisotopic (exact) mass is 596 g/mol. The Labute approximate surface area is 244 Å². The Hall–Kier alpha value is -3.50. The SMILES string of the molecule is CN1[C@H](C2CCCCC2)CN(c2ccccc2)c2cc(OC3CC(F)C3)c(-c3ccc(F)c(C(=O)O)c3)cc2S1(=O)=O. The fourth-order valence-electron chi connectivity index (χ4n) is 6.47. The normalized spacial score (nSPS) is 24.4. The Bertz CT molecular complexity index is 1590. The number of carboxylic acid groups (broad SMARTS) is 1. The summed E-state index contributed by atoms with van der Waals surface area (Å²) in [5.41, 5.74) is 1.32. The van der Waals surface area contributed by atoms with Crippen molar-refractivity contribution in [3.05, 3.63) is 72.0 Å². The van der Waals surface area contributed by atoms with E-state index in [4.69, 9.17) is 4.74 Å². The molecule has 0 radical (unpaired) electrons. The first-order valence-corrected chi connectivity index (χ1v) is 15.9. The lowest BCUT2D eigenvalue weighted by Gasteiger charge is -2.37. The second kappa shape index (κ2) is 11.3. The molecule has 1 aliphatic heterocycles. The van der Waals surface area contributed by atoms with E-state index >= 15 is 0 Å². The van der Waals surface area contributed by atoms with E-state index in [2.05, 4.69) is 0 Å². The van der Waals surface area contributed by atoms with E-state index in [0.717, 1.165) is 43.9 Å². The number of rotatable bonds is 6. The van der Waals surface area contributed by atoms with Crippen LogP contribution in [-0.2, 0) is 10.0 Å². The molecule has 0 unspecified atom stereocenters. The third kappa shape index (κ3) is 5.26. The smallest absolute Gasteiger partial charge is 0.338 e. The Kier molecular flexibility index (Phi) is 7.70. The minimum Gasteiger partial charge on any atom is -0.489 e. The summed E-state index contributed by atoms with van der Waals surface area (Å²) in [4.78, 5) is 13.8. The van der Waals surface area contributed by atoms with Gasteiger partial charge < -0.3 is 14.7 Å². The lowest BCUT2D eigenvalue weighted by Crippen LogP contribution is -2.46. The van der Waals surface area contributed by atoms with Crippen molar-refractivity contribution < 1.29 is 31.8 Å². The van der Waals surface area contributed by atoms with Gasteiger partial charge in [-0.05, 0) is 54.7 Å². The molecule has 1 heterocycles. The molecule has 1 atom stereocenters. The number of carbonyl (C=O) groups is 1. The lowest BCUT2D eigenvalue weighted by atomic mass is 9.83. The van der Waals surface area contributed by atoms with Gasteiger partial charge in [-0.3, -0.25) is 0 Å².